The Balaban J connectivity index is 2.58. The van der Waals surface area contributed by atoms with Gasteiger partial charge in [-0.1, -0.05) is 26.7 Å². The average molecular weight is 253 g/mol. The number of ketones is 1. The van der Waals surface area contributed by atoms with Crippen LogP contribution < -0.4 is 0 Å². The summed E-state index contributed by atoms with van der Waals surface area (Å²) in [6.45, 7) is 6.64. The summed E-state index contributed by atoms with van der Waals surface area (Å²) in [6.07, 6.45) is 6.97. The summed E-state index contributed by atoms with van der Waals surface area (Å²) in [5, 5.41) is 0. The zero-order chi connectivity index (χ0) is 13.5. The van der Waals surface area contributed by atoms with Crippen molar-refractivity contribution < 1.29 is 9.59 Å². The summed E-state index contributed by atoms with van der Waals surface area (Å²) in [7, 11) is 0. The van der Waals surface area contributed by atoms with Gasteiger partial charge in [0.05, 0.1) is 0 Å². The summed E-state index contributed by atoms with van der Waals surface area (Å²) in [4.78, 5) is 25.7. The normalized spacial score (nSPS) is 21.7. The number of hydrogen-bond acceptors (Lipinski definition) is 2. The highest BCUT2D eigenvalue weighted by atomic mass is 16.2. The highest BCUT2D eigenvalue weighted by Crippen LogP contribution is 2.23. The average Bonchev–Trinajstić information content (AvgIpc) is 2.35. The Bertz CT molecular complexity index is 288. The van der Waals surface area contributed by atoms with Crippen LogP contribution in [0.25, 0.3) is 0 Å². The van der Waals surface area contributed by atoms with E-state index < -0.39 is 0 Å². The molecular weight excluding hydrogens is 226 g/mol. The SMILES string of the molecule is CCCCC(C)C(=O)N1CCCCC1CC(C)=O. The minimum atomic E-state index is 0.109. The molecule has 2 atom stereocenters. The van der Waals surface area contributed by atoms with Gasteiger partial charge in [0.25, 0.3) is 0 Å². The monoisotopic (exact) mass is 253 g/mol. The molecule has 0 radical (unpaired) electrons. The van der Waals surface area contributed by atoms with Crippen molar-refractivity contribution >= 4 is 11.7 Å². The molecule has 0 spiro atoms. The molecule has 1 heterocycles. The zero-order valence-corrected chi connectivity index (χ0v) is 12.1. The molecule has 1 saturated heterocycles. The summed E-state index contributed by atoms with van der Waals surface area (Å²) in [6, 6.07) is 0.160. The Kier molecular flexibility index (Phi) is 6.37. The van der Waals surface area contributed by atoms with Crippen LogP contribution in [0.5, 0.6) is 0 Å². The van der Waals surface area contributed by atoms with Crippen molar-refractivity contribution in [3.05, 3.63) is 0 Å². The highest BCUT2D eigenvalue weighted by Gasteiger charge is 2.29. The van der Waals surface area contributed by atoms with Gasteiger partial charge in [0.2, 0.25) is 5.91 Å². The largest absolute Gasteiger partial charge is 0.339 e. The van der Waals surface area contributed by atoms with E-state index in [9.17, 15) is 9.59 Å². The molecule has 1 aliphatic rings. The Morgan fingerprint density at radius 3 is 2.67 bits per heavy atom. The lowest BCUT2D eigenvalue weighted by Gasteiger charge is -2.37. The first kappa shape index (κ1) is 15.2. The molecule has 0 N–H and O–H groups in total. The van der Waals surface area contributed by atoms with Crippen LogP contribution in [-0.4, -0.2) is 29.2 Å². The van der Waals surface area contributed by atoms with Crippen molar-refractivity contribution in [1.29, 1.82) is 0 Å². The van der Waals surface area contributed by atoms with E-state index in [0.29, 0.717) is 6.42 Å². The molecule has 3 nitrogen and oxygen atoms in total. The third-order valence-electron chi connectivity index (χ3n) is 3.85. The maximum absolute atomic E-state index is 12.4. The molecule has 18 heavy (non-hydrogen) atoms. The van der Waals surface area contributed by atoms with E-state index in [4.69, 9.17) is 0 Å². The Morgan fingerprint density at radius 2 is 2.06 bits per heavy atom. The van der Waals surface area contributed by atoms with E-state index in [1.807, 2.05) is 11.8 Å². The summed E-state index contributed by atoms with van der Waals surface area (Å²) in [5.41, 5.74) is 0. The molecule has 104 valence electrons. The Hall–Kier alpha value is -0.860. The van der Waals surface area contributed by atoms with Gasteiger partial charge in [0, 0.05) is 24.9 Å². The minimum Gasteiger partial charge on any atom is -0.339 e. The van der Waals surface area contributed by atoms with Crippen molar-refractivity contribution in [3.8, 4) is 0 Å². The number of hydrogen-bond donors (Lipinski definition) is 0. The number of unbranched alkanes of at least 4 members (excludes halogenated alkanes) is 1. The van der Waals surface area contributed by atoms with Crippen LogP contribution in [-0.2, 0) is 9.59 Å². The molecule has 2 unspecified atom stereocenters. The fourth-order valence-corrected chi connectivity index (χ4v) is 2.75. The quantitative estimate of drug-likeness (QED) is 0.729. The molecule has 1 amide bonds. The van der Waals surface area contributed by atoms with Crippen LogP contribution in [0.15, 0.2) is 0 Å². The van der Waals surface area contributed by atoms with Crippen LogP contribution in [0, 0.1) is 5.92 Å². The topological polar surface area (TPSA) is 37.4 Å². The predicted octanol–water partition coefficient (Wildman–Crippen LogP) is 3.17. The first-order chi connectivity index (χ1) is 8.56. The second-order valence-electron chi connectivity index (χ2n) is 5.63. The number of carbonyl (C=O) groups excluding carboxylic acids is 2. The smallest absolute Gasteiger partial charge is 0.225 e. The van der Waals surface area contributed by atoms with Crippen LogP contribution >= 0.6 is 0 Å². The molecular formula is C15H27NO2. The summed E-state index contributed by atoms with van der Waals surface area (Å²) < 4.78 is 0. The van der Waals surface area contributed by atoms with Gasteiger partial charge in [-0.15, -0.1) is 0 Å². The molecule has 0 bridgehead atoms. The van der Waals surface area contributed by atoms with Crippen LogP contribution in [0.1, 0.15) is 65.7 Å². The van der Waals surface area contributed by atoms with E-state index in [1.165, 1.54) is 0 Å². The maximum atomic E-state index is 12.4. The lowest BCUT2D eigenvalue weighted by atomic mass is 9.94. The van der Waals surface area contributed by atoms with E-state index in [0.717, 1.165) is 45.1 Å². The third kappa shape index (κ3) is 4.43. The Labute approximate surface area is 111 Å². The van der Waals surface area contributed by atoms with E-state index >= 15 is 0 Å². The first-order valence-corrected chi connectivity index (χ1v) is 7.36. The number of piperidine rings is 1. The lowest BCUT2D eigenvalue weighted by molar-refractivity contribution is -0.139. The van der Waals surface area contributed by atoms with Crippen molar-refractivity contribution in [2.24, 2.45) is 5.92 Å². The first-order valence-electron chi connectivity index (χ1n) is 7.36. The Morgan fingerprint density at radius 1 is 1.33 bits per heavy atom. The van der Waals surface area contributed by atoms with Gasteiger partial charge < -0.3 is 4.90 Å². The summed E-state index contributed by atoms with van der Waals surface area (Å²) in [5.74, 6) is 0.563. The number of rotatable bonds is 6. The molecule has 0 aromatic heterocycles. The third-order valence-corrected chi connectivity index (χ3v) is 3.85. The summed E-state index contributed by atoms with van der Waals surface area (Å²) >= 11 is 0. The molecule has 0 aromatic carbocycles. The van der Waals surface area contributed by atoms with Crippen molar-refractivity contribution in [1.82, 2.24) is 4.90 Å². The molecule has 0 aliphatic carbocycles. The van der Waals surface area contributed by atoms with Gasteiger partial charge in [0.1, 0.15) is 5.78 Å². The zero-order valence-electron chi connectivity index (χ0n) is 12.1. The number of carbonyl (C=O) groups is 2. The number of likely N-dealkylation sites (tertiary alicyclic amines) is 1. The number of amides is 1. The second kappa shape index (κ2) is 7.55. The van der Waals surface area contributed by atoms with Gasteiger partial charge >= 0.3 is 0 Å². The lowest BCUT2D eigenvalue weighted by Crippen LogP contribution is -2.46. The molecule has 1 rings (SSSR count). The second-order valence-corrected chi connectivity index (χ2v) is 5.63. The van der Waals surface area contributed by atoms with Crippen LogP contribution in [0.4, 0.5) is 0 Å². The molecule has 1 fully saturated rings. The van der Waals surface area contributed by atoms with Crippen LogP contribution in [0.3, 0.4) is 0 Å². The van der Waals surface area contributed by atoms with Gasteiger partial charge in [-0.05, 0) is 32.6 Å². The van der Waals surface area contributed by atoms with E-state index in [1.54, 1.807) is 6.92 Å². The van der Waals surface area contributed by atoms with E-state index in [2.05, 4.69) is 6.92 Å². The fourth-order valence-electron chi connectivity index (χ4n) is 2.75. The molecule has 0 saturated carbocycles. The highest BCUT2D eigenvalue weighted by molar-refractivity contribution is 5.81. The van der Waals surface area contributed by atoms with Crippen molar-refractivity contribution in [3.63, 3.8) is 0 Å². The van der Waals surface area contributed by atoms with Crippen LogP contribution in [0.2, 0.25) is 0 Å². The van der Waals surface area contributed by atoms with Gasteiger partial charge in [-0.25, -0.2) is 0 Å². The van der Waals surface area contributed by atoms with Gasteiger partial charge in [0.15, 0.2) is 0 Å². The molecule has 1 aliphatic heterocycles. The van der Waals surface area contributed by atoms with Crippen molar-refractivity contribution in [2.75, 3.05) is 6.54 Å². The standard InChI is InChI=1S/C15H27NO2/c1-4-5-8-12(2)15(18)16-10-7-6-9-14(16)11-13(3)17/h12,14H,4-11H2,1-3H3. The van der Waals surface area contributed by atoms with Gasteiger partial charge in [-0.2, -0.15) is 0 Å². The number of nitrogens with zero attached hydrogens (tertiary/aromatic N) is 1. The number of Topliss-reactive ketones (excluding diaryl/α,β-unsaturated/α-hetero) is 1. The predicted molar refractivity (Wildman–Crippen MR) is 73.3 cm³/mol. The van der Waals surface area contributed by atoms with Crippen molar-refractivity contribution in [2.45, 2.75) is 71.8 Å². The molecule has 0 aromatic rings. The maximum Gasteiger partial charge on any atom is 0.225 e. The fraction of sp³-hybridized carbons (Fsp3) is 0.867. The minimum absolute atomic E-state index is 0.109. The van der Waals surface area contributed by atoms with E-state index in [-0.39, 0.29) is 23.7 Å². The molecule has 3 heteroatoms. The van der Waals surface area contributed by atoms with Gasteiger partial charge in [-0.3, -0.25) is 9.59 Å².